The third-order valence-electron chi connectivity index (χ3n) is 2.53. The number of carbonyl (C=O) groups is 2. The minimum absolute atomic E-state index is 0.0466. The van der Waals surface area contributed by atoms with E-state index in [1.807, 2.05) is 7.05 Å². The van der Waals surface area contributed by atoms with Crippen LogP contribution in [0.1, 0.15) is 23.7 Å². The fourth-order valence-corrected chi connectivity index (χ4v) is 1.42. The second-order valence-corrected chi connectivity index (χ2v) is 3.93. The molecule has 1 N–H and O–H groups in total. The first-order valence-corrected chi connectivity index (χ1v) is 5.02. The summed E-state index contributed by atoms with van der Waals surface area (Å²) in [6.45, 7) is 1.72. The topological polar surface area (TPSA) is 62.5 Å². The van der Waals surface area contributed by atoms with Crippen molar-refractivity contribution < 1.29 is 14.7 Å². The Hall–Kier alpha value is -1.78. The molecule has 0 radical (unpaired) electrons. The fourth-order valence-electron chi connectivity index (χ4n) is 1.42. The zero-order valence-corrected chi connectivity index (χ0v) is 9.67. The van der Waals surface area contributed by atoms with Crippen LogP contribution >= 0.6 is 0 Å². The first kappa shape index (κ1) is 12.3. The normalized spacial score (nSPS) is 12.2. The number of aromatic nitrogens is 1. The largest absolute Gasteiger partial charge is 0.481 e. The third-order valence-corrected chi connectivity index (χ3v) is 2.53. The lowest BCUT2D eigenvalue weighted by Crippen LogP contribution is -2.36. The van der Waals surface area contributed by atoms with Crippen LogP contribution in [-0.4, -0.2) is 39.5 Å². The van der Waals surface area contributed by atoms with Crippen LogP contribution in [0.5, 0.6) is 0 Å². The number of carboxylic acids is 1. The van der Waals surface area contributed by atoms with Crippen molar-refractivity contribution in [3.05, 3.63) is 24.0 Å². The Bertz CT molecular complexity index is 398. The fraction of sp³-hybridized carbons (Fsp3) is 0.455. The summed E-state index contributed by atoms with van der Waals surface area (Å²) in [5, 5.41) is 8.65. The number of carbonyl (C=O) groups excluding carboxylic acids is 1. The molecule has 1 atom stereocenters. The van der Waals surface area contributed by atoms with E-state index in [0.29, 0.717) is 5.56 Å². The molecule has 1 amide bonds. The molecule has 0 aliphatic heterocycles. The Morgan fingerprint density at radius 2 is 2.19 bits per heavy atom. The van der Waals surface area contributed by atoms with Gasteiger partial charge in [0, 0.05) is 32.5 Å². The molecule has 0 saturated heterocycles. The summed E-state index contributed by atoms with van der Waals surface area (Å²) in [6, 6.07) is 1.40. The van der Waals surface area contributed by atoms with Gasteiger partial charge in [0.2, 0.25) is 0 Å². The number of aryl methyl sites for hydroxylation is 1. The molecule has 5 nitrogen and oxygen atoms in total. The van der Waals surface area contributed by atoms with Crippen molar-refractivity contribution in [2.24, 2.45) is 7.05 Å². The van der Waals surface area contributed by atoms with Gasteiger partial charge in [0.05, 0.1) is 12.0 Å². The molecule has 5 heteroatoms. The Morgan fingerprint density at radius 3 is 2.62 bits per heavy atom. The van der Waals surface area contributed by atoms with Crippen LogP contribution in [0.3, 0.4) is 0 Å². The van der Waals surface area contributed by atoms with Crippen molar-refractivity contribution in [2.45, 2.75) is 19.4 Å². The highest BCUT2D eigenvalue weighted by molar-refractivity contribution is 5.94. The van der Waals surface area contributed by atoms with Gasteiger partial charge in [-0.05, 0) is 13.0 Å². The average Bonchev–Trinajstić information content (AvgIpc) is 2.61. The predicted octanol–water partition coefficient (Wildman–Crippen LogP) is 0.960. The molecule has 0 aromatic carbocycles. The molecule has 16 heavy (non-hydrogen) atoms. The molecule has 88 valence electrons. The van der Waals surface area contributed by atoms with Gasteiger partial charge in [-0.2, -0.15) is 0 Å². The summed E-state index contributed by atoms with van der Waals surface area (Å²) < 4.78 is 1.78. The number of hydrogen-bond acceptors (Lipinski definition) is 2. The van der Waals surface area contributed by atoms with Gasteiger partial charge in [0.1, 0.15) is 0 Å². The molecule has 0 bridgehead atoms. The van der Waals surface area contributed by atoms with Crippen LogP contribution in [0.15, 0.2) is 18.5 Å². The van der Waals surface area contributed by atoms with Gasteiger partial charge in [-0.15, -0.1) is 0 Å². The van der Waals surface area contributed by atoms with Crippen LogP contribution in [0, 0.1) is 0 Å². The average molecular weight is 224 g/mol. The Balaban J connectivity index is 2.70. The van der Waals surface area contributed by atoms with Gasteiger partial charge in [-0.1, -0.05) is 0 Å². The van der Waals surface area contributed by atoms with Gasteiger partial charge in [0.25, 0.3) is 5.91 Å². The lowest BCUT2D eigenvalue weighted by Gasteiger charge is -2.23. The Labute approximate surface area is 94.3 Å². The van der Waals surface area contributed by atoms with E-state index in [-0.39, 0.29) is 18.4 Å². The van der Waals surface area contributed by atoms with Crippen LogP contribution in [0.25, 0.3) is 0 Å². The number of amides is 1. The van der Waals surface area contributed by atoms with Crippen molar-refractivity contribution in [2.75, 3.05) is 7.05 Å². The van der Waals surface area contributed by atoms with E-state index in [1.165, 1.54) is 4.90 Å². The van der Waals surface area contributed by atoms with E-state index >= 15 is 0 Å². The maximum atomic E-state index is 11.9. The lowest BCUT2D eigenvalue weighted by atomic mass is 10.2. The molecular weight excluding hydrogens is 208 g/mol. The first-order valence-electron chi connectivity index (χ1n) is 5.02. The highest BCUT2D eigenvalue weighted by Crippen LogP contribution is 2.09. The zero-order valence-electron chi connectivity index (χ0n) is 9.67. The van der Waals surface area contributed by atoms with Crippen LogP contribution in [-0.2, 0) is 11.8 Å². The zero-order chi connectivity index (χ0) is 12.3. The van der Waals surface area contributed by atoms with Crippen LogP contribution in [0.4, 0.5) is 0 Å². The Morgan fingerprint density at radius 1 is 1.56 bits per heavy atom. The highest BCUT2D eigenvalue weighted by Gasteiger charge is 2.19. The van der Waals surface area contributed by atoms with E-state index in [4.69, 9.17) is 5.11 Å². The van der Waals surface area contributed by atoms with Crippen molar-refractivity contribution >= 4 is 11.9 Å². The third kappa shape index (κ3) is 2.85. The minimum Gasteiger partial charge on any atom is -0.481 e. The molecule has 1 rings (SSSR count). The quantitative estimate of drug-likeness (QED) is 0.828. The second-order valence-electron chi connectivity index (χ2n) is 3.93. The van der Waals surface area contributed by atoms with Gasteiger partial charge in [-0.3, -0.25) is 9.59 Å². The molecular formula is C11H16N2O3. The van der Waals surface area contributed by atoms with Gasteiger partial charge in [0.15, 0.2) is 0 Å². The summed E-state index contributed by atoms with van der Waals surface area (Å²) in [7, 11) is 3.44. The van der Waals surface area contributed by atoms with Crippen molar-refractivity contribution in [3.63, 3.8) is 0 Å². The number of hydrogen-bond donors (Lipinski definition) is 1. The maximum Gasteiger partial charge on any atom is 0.305 e. The summed E-state index contributed by atoms with van der Waals surface area (Å²) in [5.41, 5.74) is 0.572. The summed E-state index contributed by atoms with van der Waals surface area (Å²) in [4.78, 5) is 23.9. The SMILES string of the molecule is CC(CC(=O)O)N(C)C(=O)c1ccn(C)c1. The van der Waals surface area contributed by atoms with Gasteiger partial charge >= 0.3 is 5.97 Å². The molecule has 1 unspecified atom stereocenters. The second kappa shape index (κ2) is 4.83. The molecule has 0 fully saturated rings. The smallest absolute Gasteiger partial charge is 0.305 e. The molecule has 1 heterocycles. The van der Waals surface area contributed by atoms with Crippen molar-refractivity contribution in [1.82, 2.24) is 9.47 Å². The number of carboxylic acid groups (broad SMARTS) is 1. The number of nitrogens with zero attached hydrogens (tertiary/aromatic N) is 2. The molecule has 0 aliphatic carbocycles. The van der Waals surface area contributed by atoms with Crippen molar-refractivity contribution in [3.8, 4) is 0 Å². The van der Waals surface area contributed by atoms with Gasteiger partial charge in [-0.25, -0.2) is 0 Å². The number of aliphatic carboxylic acids is 1. The summed E-state index contributed by atoms with van der Waals surface area (Å²) >= 11 is 0. The Kier molecular flexibility index (Phi) is 3.71. The molecule has 1 aromatic rings. The van der Waals surface area contributed by atoms with E-state index in [0.717, 1.165) is 0 Å². The van der Waals surface area contributed by atoms with E-state index < -0.39 is 5.97 Å². The summed E-state index contributed by atoms with van der Waals surface area (Å²) in [5.74, 6) is -1.06. The van der Waals surface area contributed by atoms with E-state index in [9.17, 15) is 9.59 Å². The standard InChI is InChI=1S/C11H16N2O3/c1-8(6-10(14)15)13(3)11(16)9-4-5-12(2)7-9/h4-5,7-8H,6H2,1-3H3,(H,14,15). The minimum atomic E-state index is -0.903. The predicted molar refractivity (Wildman–Crippen MR) is 59.2 cm³/mol. The molecule has 1 aromatic heterocycles. The van der Waals surface area contributed by atoms with E-state index in [2.05, 4.69) is 0 Å². The van der Waals surface area contributed by atoms with E-state index in [1.54, 1.807) is 37.0 Å². The monoisotopic (exact) mass is 224 g/mol. The molecule has 0 saturated carbocycles. The van der Waals surface area contributed by atoms with Crippen LogP contribution in [0.2, 0.25) is 0 Å². The molecule has 0 aliphatic rings. The summed E-state index contributed by atoms with van der Waals surface area (Å²) in [6.07, 6.45) is 3.45. The molecule has 0 spiro atoms. The first-order chi connectivity index (χ1) is 7.41. The van der Waals surface area contributed by atoms with Crippen LogP contribution < -0.4 is 0 Å². The van der Waals surface area contributed by atoms with Gasteiger partial charge < -0.3 is 14.6 Å². The highest BCUT2D eigenvalue weighted by atomic mass is 16.4. The lowest BCUT2D eigenvalue weighted by molar-refractivity contribution is -0.137. The van der Waals surface area contributed by atoms with Crippen molar-refractivity contribution in [1.29, 1.82) is 0 Å². The number of rotatable bonds is 4. The maximum absolute atomic E-state index is 11.9.